The lowest BCUT2D eigenvalue weighted by Crippen LogP contribution is -2.14. The van der Waals surface area contributed by atoms with Gasteiger partial charge in [0.05, 0.1) is 4.92 Å². The molecule has 0 heterocycles. The van der Waals surface area contributed by atoms with E-state index in [4.69, 9.17) is 16.3 Å². The van der Waals surface area contributed by atoms with Crippen LogP contribution in [-0.2, 0) is 11.4 Å². The molecule has 0 spiro atoms. The first-order chi connectivity index (χ1) is 17.0. The highest BCUT2D eigenvalue weighted by Gasteiger charge is 2.18. The van der Waals surface area contributed by atoms with Crippen LogP contribution in [0.2, 0.25) is 5.02 Å². The number of hydrogen-bond donors (Lipinski definition) is 1. The Morgan fingerprint density at radius 1 is 1.03 bits per heavy atom. The van der Waals surface area contributed by atoms with Crippen LogP contribution in [0.15, 0.2) is 90.5 Å². The Labute approximate surface area is 206 Å². The molecule has 0 unspecified atom stereocenters. The minimum atomic E-state index is -0.771. The van der Waals surface area contributed by atoms with Gasteiger partial charge < -0.3 is 10.1 Å². The molecule has 1 amide bonds. The average molecular weight is 484 g/mol. The van der Waals surface area contributed by atoms with Gasteiger partial charge in [0, 0.05) is 22.2 Å². The quantitative estimate of drug-likeness (QED) is 0.139. The highest BCUT2D eigenvalue weighted by molar-refractivity contribution is 6.31. The van der Waals surface area contributed by atoms with E-state index in [0.717, 1.165) is 16.3 Å². The standard InChI is InChI=1S/C27H18ClN3O4/c28-23-10-4-2-8-19(23)17-35-26-14-13-18-7-1-3-9-21(18)22(26)15-20(16-29)27(32)30-24-11-5-6-12-25(24)31(33)34/h1-15H,17H2,(H,30,32)/b20-15+. The van der Waals surface area contributed by atoms with Crippen LogP contribution in [0.3, 0.4) is 0 Å². The van der Waals surface area contributed by atoms with Crippen LogP contribution in [0, 0.1) is 21.4 Å². The third-order valence-electron chi connectivity index (χ3n) is 5.27. The second kappa shape index (κ2) is 10.5. The number of halogens is 1. The molecule has 7 nitrogen and oxygen atoms in total. The summed E-state index contributed by atoms with van der Waals surface area (Å²) in [6, 6.07) is 26.1. The van der Waals surface area contributed by atoms with Crippen LogP contribution in [0.25, 0.3) is 16.8 Å². The zero-order valence-corrected chi connectivity index (χ0v) is 19.0. The highest BCUT2D eigenvalue weighted by Crippen LogP contribution is 2.32. The number of carbonyl (C=O) groups excluding carboxylic acids is 1. The number of ether oxygens (including phenoxy) is 1. The van der Waals surface area contributed by atoms with Gasteiger partial charge in [-0.25, -0.2) is 0 Å². The Balaban J connectivity index is 1.72. The lowest BCUT2D eigenvalue weighted by Gasteiger charge is -2.13. The fraction of sp³-hybridized carbons (Fsp3) is 0.0370. The summed E-state index contributed by atoms with van der Waals surface area (Å²) in [5.74, 6) is -0.318. The minimum absolute atomic E-state index is 0.00300. The molecule has 1 N–H and O–H groups in total. The molecule has 0 aliphatic rings. The van der Waals surface area contributed by atoms with Crippen molar-refractivity contribution in [1.29, 1.82) is 5.26 Å². The fourth-order valence-electron chi connectivity index (χ4n) is 3.54. The smallest absolute Gasteiger partial charge is 0.292 e. The van der Waals surface area contributed by atoms with Crippen LogP contribution in [-0.4, -0.2) is 10.8 Å². The zero-order chi connectivity index (χ0) is 24.8. The van der Waals surface area contributed by atoms with Crippen molar-refractivity contribution in [3.8, 4) is 11.8 Å². The van der Waals surface area contributed by atoms with Crippen molar-refractivity contribution in [2.24, 2.45) is 0 Å². The van der Waals surface area contributed by atoms with Gasteiger partial charge in [-0.05, 0) is 35.0 Å². The van der Waals surface area contributed by atoms with Crippen molar-refractivity contribution < 1.29 is 14.5 Å². The maximum absolute atomic E-state index is 12.9. The topological polar surface area (TPSA) is 105 Å². The molecule has 4 aromatic rings. The van der Waals surface area contributed by atoms with E-state index in [1.807, 2.05) is 54.6 Å². The number of rotatable bonds is 7. The lowest BCUT2D eigenvalue weighted by atomic mass is 10.0. The van der Waals surface area contributed by atoms with Crippen LogP contribution >= 0.6 is 11.6 Å². The molecule has 172 valence electrons. The number of benzene rings is 4. The molecule has 35 heavy (non-hydrogen) atoms. The van der Waals surface area contributed by atoms with Crippen molar-refractivity contribution in [3.05, 3.63) is 117 Å². The lowest BCUT2D eigenvalue weighted by molar-refractivity contribution is -0.383. The summed E-state index contributed by atoms with van der Waals surface area (Å²) >= 11 is 6.25. The van der Waals surface area contributed by atoms with E-state index >= 15 is 0 Å². The van der Waals surface area contributed by atoms with Crippen molar-refractivity contribution >= 4 is 45.7 Å². The number of nitrogens with zero attached hydrogens (tertiary/aromatic N) is 2. The summed E-state index contributed by atoms with van der Waals surface area (Å²) in [5.41, 5.74) is 0.808. The van der Waals surface area contributed by atoms with Gasteiger partial charge in [-0.1, -0.05) is 72.3 Å². The van der Waals surface area contributed by atoms with E-state index in [9.17, 15) is 20.2 Å². The predicted octanol–water partition coefficient (Wildman–Crippen LogP) is 6.53. The number of anilines is 1. The van der Waals surface area contributed by atoms with Gasteiger partial charge in [0.25, 0.3) is 11.6 Å². The van der Waals surface area contributed by atoms with Crippen LogP contribution in [0.1, 0.15) is 11.1 Å². The molecule has 0 fully saturated rings. The first-order valence-corrected chi connectivity index (χ1v) is 10.9. The van der Waals surface area contributed by atoms with Crippen molar-refractivity contribution in [2.75, 3.05) is 5.32 Å². The Morgan fingerprint density at radius 3 is 2.51 bits per heavy atom. The van der Waals surface area contributed by atoms with Gasteiger partial charge in [-0.15, -0.1) is 0 Å². The van der Waals surface area contributed by atoms with Gasteiger partial charge in [-0.2, -0.15) is 5.26 Å². The molecule has 8 heteroatoms. The summed E-state index contributed by atoms with van der Waals surface area (Å²) in [7, 11) is 0. The molecule has 0 aliphatic carbocycles. The fourth-order valence-corrected chi connectivity index (χ4v) is 3.73. The molecule has 4 rings (SSSR count). The number of para-hydroxylation sites is 2. The number of nitriles is 1. The molecule has 0 bridgehead atoms. The zero-order valence-electron chi connectivity index (χ0n) is 18.3. The van der Waals surface area contributed by atoms with Gasteiger partial charge in [0.2, 0.25) is 0 Å². The first kappa shape index (κ1) is 23.5. The number of nitro benzene ring substituents is 1. The van der Waals surface area contributed by atoms with Crippen molar-refractivity contribution in [1.82, 2.24) is 0 Å². The molecule has 4 aromatic carbocycles. The van der Waals surface area contributed by atoms with Crippen LogP contribution in [0.5, 0.6) is 5.75 Å². The van der Waals surface area contributed by atoms with E-state index < -0.39 is 10.8 Å². The Kier molecular flexibility index (Phi) is 7.05. The molecule has 0 saturated heterocycles. The van der Waals surface area contributed by atoms with E-state index in [0.29, 0.717) is 16.3 Å². The van der Waals surface area contributed by atoms with Gasteiger partial charge >= 0.3 is 0 Å². The van der Waals surface area contributed by atoms with Crippen molar-refractivity contribution in [3.63, 3.8) is 0 Å². The van der Waals surface area contributed by atoms with Gasteiger partial charge in [0.1, 0.15) is 29.7 Å². The second-order valence-corrected chi connectivity index (χ2v) is 7.88. The minimum Gasteiger partial charge on any atom is -0.488 e. The highest BCUT2D eigenvalue weighted by atomic mass is 35.5. The summed E-state index contributed by atoms with van der Waals surface area (Å²) in [6.07, 6.45) is 1.42. The monoisotopic (exact) mass is 483 g/mol. The Morgan fingerprint density at radius 2 is 1.74 bits per heavy atom. The number of nitrogens with one attached hydrogen (secondary N) is 1. The molecule has 0 aromatic heterocycles. The first-order valence-electron chi connectivity index (χ1n) is 10.5. The second-order valence-electron chi connectivity index (χ2n) is 7.48. The maximum atomic E-state index is 12.9. The number of fused-ring (bicyclic) bond motifs is 1. The normalized spacial score (nSPS) is 11.0. The van der Waals surface area contributed by atoms with E-state index in [2.05, 4.69) is 5.32 Å². The molecular formula is C27H18ClN3O4. The van der Waals surface area contributed by atoms with Gasteiger partial charge in [0.15, 0.2) is 0 Å². The van der Waals surface area contributed by atoms with Crippen LogP contribution < -0.4 is 10.1 Å². The SMILES string of the molecule is N#C/C(=C\c1c(OCc2ccccc2Cl)ccc2ccccc12)C(=O)Nc1ccccc1[N+](=O)[O-]. The van der Waals surface area contributed by atoms with Crippen LogP contribution in [0.4, 0.5) is 11.4 Å². The number of amides is 1. The molecule has 0 aliphatic heterocycles. The predicted molar refractivity (Wildman–Crippen MR) is 135 cm³/mol. The Bertz CT molecular complexity index is 1510. The van der Waals surface area contributed by atoms with E-state index in [1.54, 1.807) is 18.2 Å². The summed E-state index contributed by atoms with van der Waals surface area (Å²) in [6.45, 7) is 0.184. The average Bonchev–Trinajstić information content (AvgIpc) is 2.87. The third-order valence-corrected chi connectivity index (χ3v) is 5.64. The summed E-state index contributed by atoms with van der Waals surface area (Å²) in [5, 5.41) is 25.7. The van der Waals surface area contributed by atoms with E-state index in [-0.39, 0.29) is 23.6 Å². The molecular weight excluding hydrogens is 466 g/mol. The third kappa shape index (κ3) is 5.29. The molecule has 0 saturated carbocycles. The number of hydrogen-bond acceptors (Lipinski definition) is 5. The Hall–Kier alpha value is -4.67. The van der Waals surface area contributed by atoms with E-state index in [1.165, 1.54) is 24.3 Å². The molecule has 0 atom stereocenters. The van der Waals surface area contributed by atoms with Gasteiger partial charge in [-0.3, -0.25) is 14.9 Å². The summed E-state index contributed by atoms with van der Waals surface area (Å²) < 4.78 is 6.05. The largest absolute Gasteiger partial charge is 0.488 e. The number of nitro groups is 1. The maximum Gasteiger partial charge on any atom is 0.292 e. The van der Waals surface area contributed by atoms with Crippen molar-refractivity contribution in [2.45, 2.75) is 6.61 Å². The molecule has 0 radical (unpaired) electrons. The summed E-state index contributed by atoms with van der Waals surface area (Å²) in [4.78, 5) is 23.6. The number of carbonyl (C=O) groups is 1.